The molecule has 0 radical (unpaired) electrons. The van der Waals surface area contributed by atoms with Crippen LogP contribution in [0.5, 0.6) is 0 Å². The van der Waals surface area contributed by atoms with E-state index in [4.69, 9.17) is 0 Å². The Morgan fingerprint density at radius 2 is 1.59 bits per heavy atom. The summed E-state index contributed by atoms with van der Waals surface area (Å²) < 4.78 is 0. The Morgan fingerprint density at radius 1 is 1.00 bits per heavy atom. The van der Waals surface area contributed by atoms with Crippen molar-refractivity contribution in [2.45, 2.75) is 79.1 Å². The number of carbonyl (C=O) groups excluding carboxylic acids is 1. The average Bonchev–Trinajstić information content (AvgIpc) is 2.25. The molecule has 0 aliphatic heterocycles. The topological polar surface area (TPSA) is 17.1 Å². The molecule has 0 spiro atoms. The van der Waals surface area contributed by atoms with E-state index in [0.717, 1.165) is 19.3 Å². The molecule has 2 unspecified atom stereocenters. The molecule has 0 aromatic rings. The first-order valence-electron chi connectivity index (χ1n) is 7.45. The van der Waals surface area contributed by atoms with Crippen molar-refractivity contribution in [1.29, 1.82) is 0 Å². The Morgan fingerprint density at radius 3 is 2.29 bits per heavy atom. The molecule has 1 saturated carbocycles. The van der Waals surface area contributed by atoms with E-state index in [1.54, 1.807) is 0 Å². The maximum Gasteiger partial charge on any atom is 0.133 e. The van der Waals surface area contributed by atoms with Crippen molar-refractivity contribution in [2.75, 3.05) is 0 Å². The summed E-state index contributed by atoms with van der Waals surface area (Å²) >= 11 is 0. The minimum atomic E-state index is 0.388. The van der Waals surface area contributed by atoms with Crippen LogP contribution in [0, 0.1) is 17.3 Å². The fraction of sp³-hybridized carbons (Fsp3) is 0.938. The quantitative estimate of drug-likeness (QED) is 0.581. The molecule has 17 heavy (non-hydrogen) atoms. The van der Waals surface area contributed by atoms with Crippen LogP contribution < -0.4 is 0 Å². The van der Waals surface area contributed by atoms with Gasteiger partial charge in [0, 0.05) is 12.8 Å². The van der Waals surface area contributed by atoms with Crippen molar-refractivity contribution in [3.63, 3.8) is 0 Å². The number of Topliss-reactive ketones (excluding diaryl/α,β-unsaturated/α-hetero) is 1. The van der Waals surface area contributed by atoms with Gasteiger partial charge in [0.25, 0.3) is 0 Å². The maximum absolute atomic E-state index is 11.9. The molecule has 0 aromatic heterocycles. The summed E-state index contributed by atoms with van der Waals surface area (Å²) in [5, 5.41) is 0. The highest BCUT2D eigenvalue weighted by Crippen LogP contribution is 2.38. The predicted octanol–water partition coefficient (Wildman–Crippen LogP) is 4.99. The molecule has 1 nitrogen and oxygen atoms in total. The normalized spacial score (nSPS) is 32.6. The highest BCUT2D eigenvalue weighted by molar-refractivity contribution is 5.78. The molecule has 1 aliphatic rings. The highest BCUT2D eigenvalue weighted by atomic mass is 16.1. The van der Waals surface area contributed by atoms with E-state index in [-0.39, 0.29) is 0 Å². The lowest BCUT2D eigenvalue weighted by Gasteiger charge is -2.36. The Hall–Kier alpha value is -0.330. The van der Waals surface area contributed by atoms with Crippen LogP contribution in [0.15, 0.2) is 0 Å². The van der Waals surface area contributed by atoms with E-state index >= 15 is 0 Å². The standard InChI is InChI=1S/C16H30O/c1-13-12-15(17)10-8-6-5-7-9-11-16(3,4)14(13)2/h13-14H,5-12H2,1-4H3. The van der Waals surface area contributed by atoms with Crippen molar-refractivity contribution in [1.82, 2.24) is 0 Å². The maximum atomic E-state index is 11.9. The molecule has 1 rings (SSSR count). The molecule has 2 atom stereocenters. The monoisotopic (exact) mass is 238 g/mol. The molecule has 1 heteroatoms. The van der Waals surface area contributed by atoms with Gasteiger partial charge in [-0.2, -0.15) is 0 Å². The van der Waals surface area contributed by atoms with Crippen LogP contribution >= 0.6 is 0 Å². The van der Waals surface area contributed by atoms with Gasteiger partial charge in [0.05, 0.1) is 0 Å². The van der Waals surface area contributed by atoms with Gasteiger partial charge >= 0.3 is 0 Å². The van der Waals surface area contributed by atoms with Crippen molar-refractivity contribution in [3.8, 4) is 0 Å². The molecule has 100 valence electrons. The van der Waals surface area contributed by atoms with Crippen molar-refractivity contribution >= 4 is 5.78 Å². The smallest absolute Gasteiger partial charge is 0.133 e. The van der Waals surface area contributed by atoms with Crippen molar-refractivity contribution < 1.29 is 4.79 Å². The highest BCUT2D eigenvalue weighted by Gasteiger charge is 2.30. The van der Waals surface area contributed by atoms with Crippen LogP contribution in [0.1, 0.15) is 79.1 Å². The Kier molecular flexibility index (Phi) is 5.69. The summed E-state index contributed by atoms with van der Waals surface area (Å²) in [4.78, 5) is 11.9. The molecule has 0 saturated heterocycles. The van der Waals surface area contributed by atoms with Crippen LogP contribution in [0.25, 0.3) is 0 Å². The second-order valence-electron chi connectivity index (χ2n) is 6.77. The van der Waals surface area contributed by atoms with Crippen LogP contribution in [0.4, 0.5) is 0 Å². The van der Waals surface area contributed by atoms with Crippen LogP contribution in [0.3, 0.4) is 0 Å². The first-order chi connectivity index (χ1) is 7.93. The van der Waals surface area contributed by atoms with Gasteiger partial charge in [-0.05, 0) is 30.1 Å². The average molecular weight is 238 g/mol. The number of hydrogen-bond donors (Lipinski definition) is 0. The van der Waals surface area contributed by atoms with Crippen LogP contribution in [-0.2, 0) is 4.79 Å². The minimum absolute atomic E-state index is 0.388. The summed E-state index contributed by atoms with van der Waals surface area (Å²) in [5.74, 6) is 1.67. The summed E-state index contributed by atoms with van der Waals surface area (Å²) in [7, 11) is 0. The minimum Gasteiger partial charge on any atom is -0.300 e. The summed E-state index contributed by atoms with van der Waals surface area (Å²) in [5.41, 5.74) is 0.388. The Labute approximate surface area is 107 Å². The number of hydrogen-bond acceptors (Lipinski definition) is 1. The molecule has 0 amide bonds. The largest absolute Gasteiger partial charge is 0.300 e. The first-order valence-corrected chi connectivity index (χ1v) is 7.45. The number of carbonyl (C=O) groups is 1. The summed E-state index contributed by atoms with van der Waals surface area (Å²) in [6.07, 6.45) is 9.30. The van der Waals surface area contributed by atoms with Gasteiger partial charge in [-0.1, -0.05) is 53.4 Å². The van der Waals surface area contributed by atoms with E-state index < -0.39 is 0 Å². The number of rotatable bonds is 0. The van der Waals surface area contributed by atoms with Gasteiger partial charge in [-0.3, -0.25) is 4.79 Å². The second-order valence-corrected chi connectivity index (χ2v) is 6.77. The number of ketones is 1. The lowest BCUT2D eigenvalue weighted by Crippen LogP contribution is -2.28. The predicted molar refractivity (Wildman–Crippen MR) is 74.1 cm³/mol. The molecular formula is C16H30O. The molecular weight excluding hydrogens is 208 g/mol. The zero-order chi connectivity index (χ0) is 12.9. The van der Waals surface area contributed by atoms with Crippen LogP contribution in [-0.4, -0.2) is 5.78 Å². The molecule has 1 fully saturated rings. The Bertz CT molecular complexity index is 242. The van der Waals surface area contributed by atoms with Gasteiger partial charge in [0.2, 0.25) is 0 Å². The van der Waals surface area contributed by atoms with E-state index in [1.165, 1.54) is 32.1 Å². The van der Waals surface area contributed by atoms with Gasteiger partial charge in [-0.15, -0.1) is 0 Å². The molecule has 0 N–H and O–H groups in total. The summed E-state index contributed by atoms with van der Waals surface area (Å²) in [6.45, 7) is 9.36. The Balaban J connectivity index is 2.64. The molecule has 0 heterocycles. The van der Waals surface area contributed by atoms with Gasteiger partial charge in [-0.25, -0.2) is 0 Å². The van der Waals surface area contributed by atoms with E-state index in [2.05, 4.69) is 27.7 Å². The molecule has 0 bridgehead atoms. The second kappa shape index (κ2) is 6.56. The first kappa shape index (κ1) is 14.7. The van der Waals surface area contributed by atoms with Crippen molar-refractivity contribution in [3.05, 3.63) is 0 Å². The molecule has 0 aromatic carbocycles. The SMILES string of the molecule is CC1CC(=O)CCCCCCCC(C)(C)C1C. The lowest BCUT2D eigenvalue weighted by atomic mass is 9.69. The summed E-state index contributed by atoms with van der Waals surface area (Å²) in [6, 6.07) is 0. The fourth-order valence-corrected chi connectivity index (χ4v) is 3.07. The van der Waals surface area contributed by atoms with Crippen LogP contribution in [0.2, 0.25) is 0 Å². The van der Waals surface area contributed by atoms with E-state index in [9.17, 15) is 4.79 Å². The third-order valence-electron chi connectivity index (χ3n) is 4.91. The van der Waals surface area contributed by atoms with E-state index in [0.29, 0.717) is 23.0 Å². The zero-order valence-corrected chi connectivity index (χ0v) is 12.2. The lowest BCUT2D eigenvalue weighted by molar-refractivity contribution is -0.120. The molecule has 1 aliphatic carbocycles. The van der Waals surface area contributed by atoms with Crippen molar-refractivity contribution in [2.24, 2.45) is 17.3 Å². The van der Waals surface area contributed by atoms with Gasteiger partial charge in [0.15, 0.2) is 0 Å². The fourth-order valence-electron chi connectivity index (χ4n) is 3.07. The van der Waals surface area contributed by atoms with Gasteiger partial charge < -0.3 is 0 Å². The van der Waals surface area contributed by atoms with Gasteiger partial charge in [0.1, 0.15) is 5.78 Å². The third kappa shape index (κ3) is 4.81. The zero-order valence-electron chi connectivity index (χ0n) is 12.2. The van der Waals surface area contributed by atoms with E-state index in [1.807, 2.05) is 0 Å². The third-order valence-corrected chi connectivity index (χ3v) is 4.91.